The molecule has 4 rings (SSSR count). The quantitative estimate of drug-likeness (QED) is 0.386. The van der Waals surface area contributed by atoms with Crippen LogP contribution in [0.4, 0.5) is 0 Å². The number of para-hydroxylation sites is 1. The summed E-state index contributed by atoms with van der Waals surface area (Å²) in [6.45, 7) is 12.7. The molecule has 1 aliphatic heterocycles. The molecule has 3 heterocycles. The molecule has 2 aromatic heterocycles. The van der Waals surface area contributed by atoms with Crippen LogP contribution in [0.25, 0.3) is 10.9 Å². The SMILES string of the molecule is C=CCl.C=COC(C)=O.CCn1c(C)c(C2OC(=O)c3cccnc32)c2ccccc21. The maximum absolute atomic E-state index is 12.1. The van der Waals surface area contributed by atoms with Gasteiger partial charge in [0, 0.05) is 41.8 Å². The molecule has 3 aromatic rings. The Hall–Kier alpha value is -3.38. The fourth-order valence-corrected chi connectivity index (χ4v) is 3.53. The Morgan fingerprint density at radius 3 is 2.55 bits per heavy atom. The number of rotatable bonds is 3. The van der Waals surface area contributed by atoms with Gasteiger partial charge in [-0.15, -0.1) is 0 Å². The van der Waals surface area contributed by atoms with Crippen LogP contribution in [0.2, 0.25) is 0 Å². The zero-order chi connectivity index (χ0) is 23.0. The molecule has 0 saturated heterocycles. The van der Waals surface area contributed by atoms with Crippen molar-refractivity contribution in [2.45, 2.75) is 33.4 Å². The lowest BCUT2D eigenvalue weighted by Crippen LogP contribution is -2.05. The maximum atomic E-state index is 12.1. The predicted molar refractivity (Wildman–Crippen MR) is 122 cm³/mol. The number of nitrogens with zero attached hydrogens (tertiary/aromatic N) is 2. The molecular formula is C24H25ClN2O4. The van der Waals surface area contributed by atoms with Crippen LogP contribution < -0.4 is 0 Å². The van der Waals surface area contributed by atoms with Gasteiger partial charge in [-0.2, -0.15) is 0 Å². The molecule has 0 spiro atoms. The number of benzene rings is 1. The second kappa shape index (κ2) is 11.1. The van der Waals surface area contributed by atoms with E-state index in [1.165, 1.54) is 12.5 Å². The number of cyclic esters (lactones) is 1. The van der Waals surface area contributed by atoms with E-state index < -0.39 is 6.10 Å². The molecule has 1 unspecified atom stereocenters. The van der Waals surface area contributed by atoms with Crippen molar-refractivity contribution in [1.82, 2.24) is 9.55 Å². The van der Waals surface area contributed by atoms with Gasteiger partial charge in [0.05, 0.1) is 11.8 Å². The number of aryl methyl sites for hydroxylation is 1. The Balaban J connectivity index is 0.000000325. The smallest absolute Gasteiger partial charge is 0.341 e. The summed E-state index contributed by atoms with van der Waals surface area (Å²) in [7, 11) is 0. The number of pyridine rings is 1. The van der Waals surface area contributed by atoms with E-state index in [2.05, 4.69) is 53.4 Å². The van der Waals surface area contributed by atoms with Crippen molar-refractivity contribution in [3.63, 3.8) is 0 Å². The van der Waals surface area contributed by atoms with Gasteiger partial charge in [0.15, 0.2) is 6.10 Å². The molecule has 0 amide bonds. The van der Waals surface area contributed by atoms with E-state index in [1.54, 1.807) is 18.3 Å². The number of carbonyl (C=O) groups excluding carboxylic acids is 2. The molecule has 0 fully saturated rings. The number of hydrogen-bond donors (Lipinski definition) is 0. The molecule has 0 radical (unpaired) electrons. The van der Waals surface area contributed by atoms with E-state index in [9.17, 15) is 9.59 Å². The zero-order valence-electron chi connectivity index (χ0n) is 17.8. The highest BCUT2D eigenvalue weighted by Crippen LogP contribution is 2.40. The molecule has 7 heteroatoms. The van der Waals surface area contributed by atoms with Crippen LogP contribution in [-0.2, 0) is 20.8 Å². The van der Waals surface area contributed by atoms with E-state index in [1.807, 2.05) is 12.1 Å². The van der Waals surface area contributed by atoms with Crippen molar-refractivity contribution >= 4 is 34.4 Å². The normalized spacial score (nSPS) is 13.7. The molecule has 0 saturated carbocycles. The molecule has 6 nitrogen and oxygen atoms in total. The first-order valence-electron chi connectivity index (χ1n) is 9.64. The summed E-state index contributed by atoms with van der Waals surface area (Å²) in [6, 6.07) is 11.8. The third kappa shape index (κ3) is 5.22. The molecule has 0 bridgehead atoms. The van der Waals surface area contributed by atoms with Crippen molar-refractivity contribution in [2.75, 3.05) is 0 Å². The minimum atomic E-state index is -0.415. The Kier molecular flexibility index (Phi) is 8.58. The lowest BCUT2D eigenvalue weighted by Gasteiger charge is -2.11. The van der Waals surface area contributed by atoms with Crippen molar-refractivity contribution in [3.05, 3.63) is 90.1 Å². The highest BCUT2D eigenvalue weighted by Gasteiger charge is 2.36. The summed E-state index contributed by atoms with van der Waals surface area (Å²) in [6.07, 6.45) is 2.39. The zero-order valence-corrected chi connectivity index (χ0v) is 18.6. The lowest BCUT2D eigenvalue weighted by atomic mass is 10.0. The molecular weight excluding hydrogens is 416 g/mol. The molecule has 31 heavy (non-hydrogen) atoms. The van der Waals surface area contributed by atoms with Gasteiger partial charge in [-0.3, -0.25) is 9.78 Å². The van der Waals surface area contributed by atoms with Gasteiger partial charge < -0.3 is 14.0 Å². The number of esters is 2. The van der Waals surface area contributed by atoms with Crippen LogP contribution in [0.5, 0.6) is 0 Å². The third-order valence-electron chi connectivity index (χ3n) is 4.64. The van der Waals surface area contributed by atoms with Gasteiger partial charge in [-0.05, 0) is 37.6 Å². The van der Waals surface area contributed by atoms with Crippen LogP contribution >= 0.6 is 11.6 Å². The monoisotopic (exact) mass is 440 g/mol. The summed E-state index contributed by atoms with van der Waals surface area (Å²) < 4.78 is 12.1. The van der Waals surface area contributed by atoms with Gasteiger partial charge in [-0.25, -0.2) is 4.79 Å². The van der Waals surface area contributed by atoms with Crippen molar-refractivity contribution in [3.8, 4) is 0 Å². The Morgan fingerprint density at radius 1 is 1.29 bits per heavy atom. The molecule has 162 valence electrons. The standard InChI is InChI=1S/C18H16N2O2.C4H6O2.C2H3Cl/c1-3-20-11(2)15(12-7-4-5-9-14(12)20)17-16-13(18(21)22-17)8-6-10-19-16;1-3-6-4(2)5;1-2-3/h4-10,17H,3H2,1-2H3;3H,1H2,2H3;2H,1H2. The van der Waals surface area contributed by atoms with Crippen LogP contribution in [0, 0.1) is 6.92 Å². The lowest BCUT2D eigenvalue weighted by molar-refractivity contribution is -0.135. The number of ether oxygens (including phenoxy) is 2. The third-order valence-corrected chi connectivity index (χ3v) is 4.64. The first-order chi connectivity index (χ1) is 14.9. The van der Waals surface area contributed by atoms with Crippen LogP contribution in [0.15, 0.2) is 67.6 Å². The van der Waals surface area contributed by atoms with Crippen LogP contribution in [0.1, 0.15) is 47.3 Å². The number of carbonyl (C=O) groups is 2. The minimum Gasteiger partial charge on any atom is -0.447 e. The average Bonchev–Trinajstić information content (AvgIpc) is 3.22. The number of hydrogen-bond acceptors (Lipinski definition) is 5. The first-order valence-corrected chi connectivity index (χ1v) is 10.1. The molecule has 1 aromatic carbocycles. The fraction of sp³-hybridized carbons (Fsp3) is 0.208. The topological polar surface area (TPSA) is 70.4 Å². The minimum absolute atomic E-state index is 0.291. The van der Waals surface area contributed by atoms with E-state index in [0.29, 0.717) is 5.56 Å². The van der Waals surface area contributed by atoms with Gasteiger partial charge in [0.2, 0.25) is 0 Å². The number of halogens is 1. The second-order valence-corrected chi connectivity index (χ2v) is 6.72. The molecule has 1 aliphatic rings. The van der Waals surface area contributed by atoms with Crippen LogP contribution in [-0.4, -0.2) is 21.5 Å². The summed E-state index contributed by atoms with van der Waals surface area (Å²) in [4.78, 5) is 26.2. The average molecular weight is 441 g/mol. The first kappa shape index (κ1) is 23.9. The fourth-order valence-electron chi connectivity index (χ4n) is 3.53. The summed E-state index contributed by atoms with van der Waals surface area (Å²) in [5.41, 5.74) is 5.84. The van der Waals surface area contributed by atoms with Gasteiger partial charge in [-0.1, -0.05) is 43.0 Å². The van der Waals surface area contributed by atoms with Crippen molar-refractivity contribution < 1.29 is 19.1 Å². The highest BCUT2D eigenvalue weighted by molar-refractivity contribution is 6.25. The Labute approximate surface area is 186 Å². The van der Waals surface area contributed by atoms with Gasteiger partial charge >= 0.3 is 11.9 Å². The van der Waals surface area contributed by atoms with E-state index in [-0.39, 0.29) is 11.9 Å². The summed E-state index contributed by atoms with van der Waals surface area (Å²) in [5, 5.41) is 1.12. The predicted octanol–water partition coefficient (Wildman–Crippen LogP) is 5.69. The van der Waals surface area contributed by atoms with Crippen molar-refractivity contribution in [2.24, 2.45) is 0 Å². The number of aromatic nitrogens is 2. The largest absolute Gasteiger partial charge is 0.447 e. The van der Waals surface area contributed by atoms with Crippen LogP contribution in [0.3, 0.4) is 0 Å². The molecule has 1 atom stereocenters. The van der Waals surface area contributed by atoms with E-state index in [4.69, 9.17) is 16.3 Å². The van der Waals surface area contributed by atoms with Gasteiger partial charge in [0.1, 0.15) is 5.69 Å². The Morgan fingerprint density at radius 2 is 1.97 bits per heavy atom. The maximum Gasteiger partial charge on any atom is 0.341 e. The Bertz CT molecular complexity index is 1100. The summed E-state index contributed by atoms with van der Waals surface area (Å²) >= 11 is 4.76. The van der Waals surface area contributed by atoms with Crippen molar-refractivity contribution in [1.29, 1.82) is 0 Å². The number of fused-ring (bicyclic) bond motifs is 2. The molecule has 0 aliphatic carbocycles. The highest BCUT2D eigenvalue weighted by atomic mass is 35.5. The summed E-state index contributed by atoms with van der Waals surface area (Å²) in [5.74, 6) is -0.620. The van der Waals surface area contributed by atoms with E-state index >= 15 is 0 Å². The van der Waals surface area contributed by atoms with Gasteiger partial charge in [0.25, 0.3) is 0 Å². The second-order valence-electron chi connectivity index (χ2n) is 6.41. The molecule has 0 N–H and O–H groups in total. The van der Waals surface area contributed by atoms with E-state index in [0.717, 1.165) is 40.7 Å².